The lowest BCUT2D eigenvalue weighted by molar-refractivity contribution is -0.0393. The Bertz CT molecular complexity index is 1030. The summed E-state index contributed by atoms with van der Waals surface area (Å²) in [6.45, 7) is 0.639. The molecule has 9 heteroatoms. The molecular formula is C19H15Cl2N3O4. The zero-order valence-corrected chi connectivity index (χ0v) is 16.3. The Morgan fingerprint density at radius 3 is 2.64 bits per heavy atom. The van der Waals surface area contributed by atoms with Crippen LogP contribution in [0, 0.1) is 0 Å². The number of halogens is 2. The normalized spacial score (nSPS) is 16.3. The van der Waals surface area contributed by atoms with Gasteiger partial charge in [0, 0.05) is 24.2 Å². The van der Waals surface area contributed by atoms with E-state index < -0.39 is 5.78 Å². The highest BCUT2D eigenvalue weighted by Gasteiger charge is 2.25. The number of hydrogen-bond donors (Lipinski definition) is 0. The molecule has 7 nitrogen and oxygen atoms in total. The van der Waals surface area contributed by atoms with E-state index >= 15 is 0 Å². The topological polar surface area (TPSA) is 83.4 Å². The zero-order chi connectivity index (χ0) is 19.7. The summed E-state index contributed by atoms with van der Waals surface area (Å²) in [6, 6.07) is 3.43. The van der Waals surface area contributed by atoms with Gasteiger partial charge in [0.15, 0.2) is 17.8 Å². The van der Waals surface area contributed by atoms with Gasteiger partial charge in [-0.25, -0.2) is 0 Å². The minimum absolute atomic E-state index is 0.104. The van der Waals surface area contributed by atoms with Crippen molar-refractivity contribution in [1.82, 2.24) is 15.2 Å². The Labute approximate surface area is 170 Å². The number of carbonyl (C=O) groups excluding carboxylic acids is 1. The van der Waals surface area contributed by atoms with Crippen molar-refractivity contribution >= 4 is 39.8 Å². The first-order valence-electron chi connectivity index (χ1n) is 8.54. The second-order valence-electron chi connectivity index (χ2n) is 6.12. The minimum atomic E-state index is -0.455. The maximum absolute atomic E-state index is 13.1. The van der Waals surface area contributed by atoms with E-state index in [1.807, 2.05) is 0 Å². The molecule has 28 heavy (non-hydrogen) atoms. The standard InChI is InChI=1S/C19H15Cl2N3O4/c1-26-14-5-4-10-11(19(14)28-15-3-2-6-27-15)7-23-24-17(10)18(25)16-12(20)8-22-9-13(16)21/h4-5,7-9,15H,2-3,6H2,1H3. The molecule has 0 saturated carbocycles. The number of rotatable bonds is 5. The fourth-order valence-corrected chi connectivity index (χ4v) is 3.62. The third-order valence-electron chi connectivity index (χ3n) is 4.41. The van der Waals surface area contributed by atoms with Gasteiger partial charge >= 0.3 is 0 Å². The van der Waals surface area contributed by atoms with Crippen molar-refractivity contribution < 1.29 is 19.0 Å². The van der Waals surface area contributed by atoms with Crippen LogP contribution in [0.2, 0.25) is 10.0 Å². The highest BCUT2D eigenvalue weighted by atomic mass is 35.5. The Hall–Kier alpha value is -2.48. The molecular weight excluding hydrogens is 405 g/mol. The highest BCUT2D eigenvalue weighted by molar-refractivity contribution is 6.41. The van der Waals surface area contributed by atoms with E-state index in [1.54, 1.807) is 19.2 Å². The van der Waals surface area contributed by atoms with Crippen LogP contribution in [0.25, 0.3) is 10.8 Å². The molecule has 2 aromatic heterocycles. The second kappa shape index (κ2) is 7.87. The van der Waals surface area contributed by atoms with E-state index in [2.05, 4.69) is 15.2 Å². The fraction of sp³-hybridized carbons (Fsp3) is 0.263. The van der Waals surface area contributed by atoms with Crippen LogP contribution in [0.3, 0.4) is 0 Å². The quantitative estimate of drug-likeness (QED) is 0.575. The van der Waals surface area contributed by atoms with Crippen LogP contribution >= 0.6 is 23.2 Å². The first-order chi connectivity index (χ1) is 13.6. The summed E-state index contributed by atoms with van der Waals surface area (Å²) in [7, 11) is 1.54. The SMILES string of the molecule is COc1ccc2c(C(=O)c3c(Cl)cncc3Cl)nncc2c1OC1CCCO1. The number of ether oxygens (including phenoxy) is 3. The average Bonchev–Trinajstić information content (AvgIpc) is 3.20. The molecule has 4 rings (SSSR count). The number of fused-ring (bicyclic) bond motifs is 1. The Morgan fingerprint density at radius 1 is 1.18 bits per heavy atom. The van der Waals surface area contributed by atoms with Gasteiger partial charge in [0.1, 0.15) is 5.69 Å². The van der Waals surface area contributed by atoms with E-state index in [0.29, 0.717) is 28.9 Å². The predicted octanol–water partition coefficient (Wildman–Crippen LogP) is 4.09. The maximum Gasteiger partial charge on any atom is 0.217 e. The molecule has 1 unspecified atom stereocenters. The summed E-state index contributed by atoms with van der Waals surface area (Å²) >= 11 is 12.3. The van der Waals surface area contributed by atoms with Crippen molar-refractivity contribution in [2.24, 2.45) is 0 Å². The van der Waals surface area contributed by atoms with E-state index in [9.17, 15) is 4.79 Å². The smallest absolute Gasteiger partial charge is 0.217 e. The van der Waals surface area contributed by atoms with E-state index in [-0.39, 0.29) is 27.6 Å². The summed E-state index contributed by atoms with van der Waals surface area (Å²) in [5, 5.41) is 9.41. The molecule has 1 fully saturated rings. The van der Waals surface area contributed by atoms with Crippen molar-refractivity contribution in [2.75, 3.05) is 13.7 Å². The third kappa shape index (κ3) is 3.37. The van der Waals surface area contributed by atoms with E-state index in [0.717, 1.165) is 12.8 Å². The molecule has 1 aliphatic heterocycles. The largest absolute Gasteiger partial charge is 0.493 e. The van der Waals surface area contributed by atoms with Crippen molar-refractivity contribution in [3.8, 4) is 11.5 Å². The molecule has 0 radical (unpaired) electrons. The Balaban J connectivity index is 1.86. The van der Waals surface area contributed by atoms with E-state index in [1.165, 1.54) is 18.6 Å². The van der Waals surface area contributed by atoms with Gasteiger partial charge in [-0.1, -0.05) is 23.2 Å². The lowest BCUT2D eigenvalue weighted by Crippen LogP contribution is -2.15. The lowest BCUT2D eigenvalue weighted by atomic mass is 10.0. The molecule has 0 N–H and O–H groups in total. The summed E-state index contributed by atoms with van der Waals surface area (Å²) < 4.78 is 17.0. The number of pyridine rings is 1. The van der Waals surface area contributed by atoms with Gasteiger partial charge in [-0.3, -0.25) is 9.78 Å². The van der Waals surface area contributed by atoms with Crippen molar-refractivity contribution in [2.45, 2.75) is 19.1 Å². The summed E-state index contributed by atoms with van der Waals surface area (Å²) in [5.41, 5.74) is 0.227. The van der Waals surface area contributed by atoms with Gasteiger partial charge in [-0.05, 0) is 18.6 Å². The van der Waals surface area contributed by atoms with Crippen molar-refractivity contribution in [3.63, 3.8) is 0 Å². The number of hydrogen-bond acceptors (Lipinski definition) is 7. The molecule has 0 bridgehead atoms. The van der Waals surface area contributed by atoms with Crippen LogP contribution < -0.4 is 9.47 Å². The average molecular weight is 420 g/mol. The zero-order valence-electron chi connectivity index (χ0n) is 14.8. The molecule has 144 valence electrons. The number of carbonyl (C=O) groups is 1. The Kier molecular flexibility index (Phi) is 5.30. The van der Waals surface area contributed by atoms with Crippen LogP contribution in [-0.2, 0) is 4.74 Å². The van der Waals surface area contributed by atoms with Crippen LogP contribution in [0.15, 0.2) is 30.7 Å². The molecule has 1 atom stereocenters. The van der Waals surface area contributed by atoms with Gasteiger partial charge in [0.25, 0.3) is 0 Å². The number of methoxy groups -OCH3 is 1. The fourth-order valence-electron chi connectivity index (χ4n) is 3.08. The van der Waals surface area contributed by atoms with Crippen LogP contribution in [-0.4, -0.2) is 41.0 Å². The molecule has 1 aromatic carbocycles. The molecule has 3 aromatic rings. The highest BCUT2D eigenvalue weighted by Crippen LogP contribution is 2.38. The lowest BCUT2D eigenvalue weighted by Gasteiger charge is -2.18. The molecule has 0 aliphatic carbocycles. The number of ketones is 1. The number of aromatic nitrogens is 3. The first-order valence-corrected chi connectivity index (χ1v) is 9.30. The Morgan fingerprint density at radius 2 is 1.96 bits per heavy atom. The first kappa shape index (κ1) is 18.9. The number of benzene rings is 1. The van der Waals surface area contributed by atoms with Gasteiger partial charge in [-0.15, -0.1) is 5.10 Å². The molecule has 0 amide bonds. The van der Waals surface area contributed by atoms with Crippen LogP contribution in [0.1, 0.15) is 28.9 Å². The number of nitrogens with zero attached hydrogens (tertiary/aromatic N) is 3. The van der Waals surface area contributed by atoms with Gasteiger partial charge in [-0.2, -0.15) is 5.10 Å². The molecule has 1 aliphatic rings. The monoisotopic (exact) mass is 419 g/mol. The van der Waals surface area contributed by atoms with Crippen LogP contribution in [0.5, 0.6) is 11.5 Å². The van der Waals surface area contributed by atoms with Crippen molar-refractivity contribution in [3.05, 3.63) is 52.0 Å². The summed E-state index contributed by atoms with van der Waals surface area (Å²) in [5.74, 6) is 0.501. The third-order valence-corrected chi connectivity index (χ3v) is 4.99. The summed E-state index contributed by atoms with van der Waals surface area (Å²) in [6.07, 6.45) is 5.54. The van der Waals surface area contributed by atoms with Crippen molar-refractivity contribution in [1.29, 1.82) is 0 Å². The van der Waals surface area contributed by atoms with Gasteiger partial charge in [0.2, 0.25) is 5.78 Å². The molecule has 0 spiro atoms. The second-order valence-corrected chi connectivity index (χ2v) is 6.93. The van der Waals surface area contributed by atoms with Crippen LogP contribution in [0.4, 0.5) is 0 Å². The minimum Gasteiger partial charge on any atom is -0.493 e. The van der Waals surface area contributed by atoms with Gasteiger partial charge < -0.3 is 14.2 Å². The van der Waals surface area contributed by atoms with Gasteiger partial charge in [0.05, 0.1) is 40.9 Å². The van der Waals surface area contributed by atoms with E-state index in [4.69, 9.17) is 37.4 Å². The molecule has 1 saturated heterocycles. The summed E-state index contributed by atoms with van der Waals surface area (Å²) in [4.78, 5) is 17.0. The predicted molar refractivity (Wildman–Crippen MR) is 103 cm³/mol. The maximum atomic E-state index is 13.1. The molecule has 3 heterocycles.